The predicted octanol–water partition coefficient (Wildman–Crippen LogP) is 1.35. The molecule has 1 aliphatic rings. The molecule has 4 N–H and O–H groups in total. The van der Waals surface area contributed by atoms with Crippen molar-refractivity contribution in [2.24, 2.45) is 23.3 Å². The molecule has 2 unspecified atom stereocenters. The molecule has 0 aromatic carbocycles. The molecule has 0 aromatic rings. The average Bonchev–Trinajstić information content (AvgIpc) is 2.08. The van der Waals surface area contributed by atoms with E-state index >= 15 is 0 Å². The minimum atomic E-state index is 0.841. The molecule has 1 saturated carbocycles. The summed E-state index contributed by atoms with van der Waals surface area (Å²) in [4.78, 5) is 0. The van der Waals surface area contributed by atoms with Crippen LogP contribution in [0.2, 0.25) is 0 Å². The van der Waals surface area contributed by atoms with Crippen LogP contribution in [0.5, 0.6) is 0 Å². The SMILES string of the molecule is CC1CCCC(CN)C1.CN. The van der Waals surface area contributed by atoms with Crippen LogP contribution in [-0.4, -0.2) is 13.6 Å². The predicted molar refractivity (Wildman–Crippen MR) is 50.3 cm³/mol. The molecule has 68 valence electrons. The van der Waals surface area contributed by atoms with Crippen LogP contribution in [0.25, 0.3) is 0 Å². The molecule has 0 spiro atoms. The summed E-state index contributed by atoms with van der Waals surface area (Å²) in [5, 5.41) is 0. The van der Waals surface area contributed by atoms with Crippen molar-refractivity contribution < 1.29 is 0 Å². The normalized spacial score (nSPS) is 30.5. The zero-order chi connectivity index (χ0) is 8.69. The highest BCUT2D eigenvalue weighted by atomic mass is 14.5. The molecule has 2 nitrogen and oxygen atoms in total. The van der Waals surface area contributed by atoms with E-state index in [-0.39, 0.29) is 0 Å². The summed E-state index contributed by atoms with van der Waals surface area (Å²) in [7, 11) is 1.50. The van der Waals surface area contributed by atoms with Crippen LogP contribution in [0.4, 0.5) is 0 Å². The van der Waals surface area contributed by atoms with Crippen LogP contribution in [0, 0.1) is 11.8 Å². The van der Waals surface area contributed by atoms with Gasteiger partial charge in [-0.15, -0.1) is 0 Å². The first-order valence-electron chi connectivity index (χ1n) is 4.60. The number of nitrogens with two attached hydrogens (primary N) is 2. The lowest BCUT2D eigenvalue weighted by atomic mass is 9.83. The standard InChI is InChI=1S/C8H17N.CH5N/c1-7-3-2-4-8(5-7)6-9;1-2/h7-8H,2-6,9H2,1H3;2H2,1H3. The van der Waals surface area contributed by atoms with Gasteiger partial charge in [0.1, 0.15) is 0 Å². The lowest BCUT2D eigenvalue weighted by molar-refractivity contribution is 0.288. The van der Waals surface area contributed by atoms with E-state index in [1.165, 1.54) is 32.7 Å². The van der Waals surface area contributed by atoms with Gasteiger partial charge in [-0.1, -0.05) is 19.8 Å². The summed E-state index contributed by atoms with van der Waals surface area (Å²) in [5.41, 5.74) is 10.1. The third-order valence-electron chi connectivity index (χ3n) is 2.38. The van der Waals surface area contributed by atoms with Gasteiger partial charge in [-0.2, -0.15) is 0 Å². The number of hydrogen-bond donors (Lipinski definition) is 2. The summed E-state index contributed by atoms with van der Waals surface area (Å²) in [5.74, 6) is 1.78. The smallest absolute Gasteiger partial charge is 0.00488 e. The van der Waals surface area contributed by atoms with Crippen LogP contribution < -0.4 is 11.5 Å². The highest BCUT2D eigenvalue weighted by molar-refractivity contribution is 4.70. The second kappa shape index (κ2) is 6.62. The van der Waals surface area contributed by atoms with Crippen molar-refractivity contribution in [1.82, 2.24) is 0 Å². The van der Waals surface area contributed by atoms with Crippen molar-refractivity contribution >= 4 is 0 Å². The summed E-state index contributed by atoms with van der Waals surface area (Å²) >= 11 is 0. The highest BCUT2D eigenvalue weighted by Crippen LogP contribution is 2.27. The van der Waals surface area contributed by atoms with Crippen molar-refractivity contribution in [1.29, 1.82) is 0 Å². The van der Waals surface area contributed by atoms with Crippen molar-refractivity contribution in [2.75, 3.05) is 13.6 Å². The Balaban J connectivity index is 0.000000461. The zero-order valence-corrected chi connectivity index (χ0v) is 7.84. The van der Waals surface area contributed by atoms with E-state index in [2.05, 4.69) is 12.7 Å². The summed E-state index contributed by atoms with van der Waals surface area (Å²) in [6.07, 6.45) is 5.58. The lowest BCUT2D eigenvalue weighted by Crippen LogP contribution is -2.20. The highest BCUT2D eigenvalue weighted by Gasteiger charge is 2.16. The molecule has 11 heavy (non-hydrogen) atoms. The zero-order valence-electron chi connectivity index (χ0n) is 7.84. The van der Waals surface area contributed by atoms with E-state index in [1.54, 1.807) is 0 Å². The van der Waals surface area contributed by atoms with Crippen molar-refractivity contribution in [3.05, 3.63) is 0 Å². The first-order valence-corrected chi connectivity index (χ1v) is 4.60. The Morgan fingerprint density at radius 1 is 1.27 bits per heavy atom. The van der Waals surface area contributed by atoms with Crippen molar-refractivity contribution in [3.8, 4) is 0 Å². The molecule has 0 saturated heterocycles. The second-order valence-electron chi connectivity index (χ2n) is 3.37. The Morgan fingerprint density at radius 3 is 2.27 bits per heavy atom. The molecule has 1 fully saturated rings. The maximum absolute atomic E-state index is 5.57. The topological polar surface area (TPSA) is 52.0 Å². The molecule has 1 aliphatic carbocycles. The average molecular weight is 158 g/mol. The quantitative estimate of drug-likeness (QED) is 0.605. The van der Waals surface area contributed by atoms with E-state index in [0.29, 0.717) is 0 Å². The van der Waals surface area contributed by atoms with E-state index < -0.39 is 0 Å². The molecule has 0 radical (unpaired) electrons. The fourth-order valence-electron chi connectivity index (χ4n) is 1.77. The van der Waals surface area contributed by atoms with Crippen LogP contribution in [0.1, 0.15) is 32.6 Å². The third-order valence-corrected chi connectivity index (χ3v) is 2.38. The monoisotopic (exact) mass is 158 g/mol. The van der Waals surface area contributed by atoms with Gasteiger partial charge in [0.2, 0.25) is 0 Å². The summed E-state index contributed by atoms with van der Waals surface area (Å²) < 4.78 is 0. The minimum absolute atomic E-state index is 0.841. The van der Waals surface area contributed by atoms with Gasteiger partial charge < -0.3 is 11.5 Å². The maximum atomic E-state index is 5.57. The number of rotatable bonds is 1. The first kappa shape index (κ1) is 10.9. The van der Waals surface area contributed by atoms with E-state index in [0.717, 1.165) is 18.4 Å². The maximum Gasteiger partial charge on any atom is -0.00488 e. The summed E-state index contributed by atoms with van der Waals surface area (Å²) in [6, 6.07) is 0. The fourth-order valence-corrected chi connectivity index (χ4v) is 1.77. The molecule has 2 atom stereocenters. The Bertz CT molecular complexity index is 83.6. The summed E-state index contributed by atoms with van der Waals surface area (Å²) in [6.45, 7) is 3.24. The van der Waals surface area contributed by atoms with Gasteiger partial charge in [0, 0.05) is 0 Å². The lowest BCUT2D eigenvalue weighted by Gasteiger charge is -2.25. The minimum Gasteiger partial charge on any atom is -0.333 e. The Kier molecular flexibility index (Phi) is 6.57. The van der Waals surface area contributed by atoms with Gasteiger partial charge in [-0.05, 0) is 38.3 Å². The van der Waals surface area contributed by atoms with Crippen LogP contribution in [0.3, 0.4) is 0 Å². The van der Waals surface area contributed by atoms with E-state index in [9.17, 15) is 0 Å². The molecular weight excluding hydrogens is 136 g/mol. The van der Waals surface area contributed by atoms with Crippen LogP contribution >= 0.6 is 0 Å². The molecule has 2 heteroatoms. The largest absolute Gasteiger partial charge is 0.333 e. The van der Waals surface area contributed by atoms with Gasteiger partial charge in [0.05, 0.1) is 0 Å². The van der Waals surface area contributed by atoms with Crippen molar-refractivity contribution in [2.45, 2.75) is 32.6 Å². The van der Waals surface area contributed by atoms with Crippen molar-refractivity contribution in [3.63, 3.8) is 0 Å². The molecule has 0 heterocycles. The molecular formula is C9H22N2. The molecule has 0 amide bonds. The van der Waals surface area contributed by atoms with Gasteiger partial charge in [0.15, 0.2) is 0 Å². The van der Waals surface area contributed by atoms with Gasteiger partial charge in [-0.25, -0.2) is 0 Å². The molecule has 1 rings (SSSR count). The van der Waals surface area contributed by atoms with E-state index in [1.807, 2.05) is 0 Å². The molecule has 0 aliphatic heterocycles. The van der Waals surface area contributed by atoms with Crippen LogP contribution in [-0.2, 0) is 0 Å². The molecule has 0 bridgehead atoms. The van der Waals surface area contributed by atoms with Crippen LogP contribution in [0.15, 0.2) is 0 Å². The first-order chi connectivity index (χ1) is 5.33. The Labute approximate surface area is 70.3 Å². The third kappa shape index (κ3) is 4.38. The fraction of sp³-hybridized carbons (Fsp3) is 1.00. The second-order valence-corrected chi connectivity index (χ2v) is 3.37. The molecule has 0 aromatic heterocycles. The van der Waals surface area contributed by atoms with Gasteiger partial charge in [-0.3, -0.25) is 0 Å². The van der Waals surface area contributed by atoms with Gasteiger partial charge >= 0.3 is 0 Å². The van der Waals surface area contributed by atoms with E-state index in [4.69, 9.17) is 5.73 Å². The van der Waals surface area contributed by atoms with Gasteiger partial charge in [0.25, 0.3) is 0 Å². The Morgan fingerprint density at radius 2 is 1.91 bits per heavy atom. The Hall–Kier alpha value is -0.0800. The number of hydrogen-bond acceptors (Lipinski definition) is 2.